The standard InChI is InChI=1S/C14H21N3O.C6H12O2/c18-14(13-7-4-8-16-13)17-10-9-15-11-12-5-2-1-3-6-12;1-3-5-6(7)8-4-2/h1-3,5-6,13,15-16H,4,7-11H2,(H,17,18);3-5H2,1-2H3. The minimum atomic E-state index is -0.0880. The van der Waals surface area contributed by atoms with Gasteiger partial charge in [-0.1, -0.05) is 37.3 Å². The fraction of sp³-hybridized carbons (Fsp3) is 0.600. The van der Waals surface area contributed by atoms with E-state index in [1.54, 1.807) is 0 Å². The van der Waals surface area contributed by atoms with Gasteiger partial charge in [0.1, 0.15) is 0 Å². The van der Waals surface area contributed by atoms with Crippen molar-refractivity contribution in [3.8, 4) is 0 Å². The predicted octanol–water partition coefficient (Wildman–Crippen LogP) is 1.99. The van der Waals surface area contributed by atoms with Crippen molar-refractivity contribution in [1.82, 2.24) is 16.0 Å². The third kappa shape index (κ3) is 10.2. The molecule has 2 rings (SSSR count). The molecule has 1 fully saturated rings. The summed E-state index contributed by atoms with van der Waals surface area (Å²) in [6.07, 6.45) is 3.49. The number of carbonyl (C=O) groups is 2. The monoisotopic (exact) mass is 363 g/mol. The van der Waals surface area contributed by atoms with Gasteiger partial charge in [-0.15, -0.1) is 0 Å². The highest BCUT2D eigenvalue weighted by Gasteiger charge is 2.20. The number of rotatable bonds is 9. The Hall–Kier alpha value is -1.92. The van der Waals surface area contributed by atoms with Gasteiger partial charge in [-0.05, 0) is 38.3 Å². The van der Waals surface area contributed by atoms with Crippen LogP contribution in [0.5, 0.6) is 0 Å². The molecule has 1 aromatic rings. The number of nitrogens with one attached hydrogen (secondary N) is 3. The molecule has 1 aliphatic heterocycles. The Morgan fingerprint density at radius 2 is 1.96 bits per heavy atom. The highest BCUT2D eigenvalue weighted by molar-refractivity contribution is 5.81. The molecule has 26 heavy (non-hydrogen) atoms. The van der Waals surface area contributed by atoms with Crippen molar-refractivity contribution in [3.05, 3.63) is 35.9 Å². The third-order valence-corrected chi connectivity index (χ3v) is 3.91. The number of ether oxygens (including phenoxy) is 1. The Kier molecular flexibility index (Phi) is 12.1. The van der Waals surface area contributed by atoms with Crippen molar-refractivity contribution in [2.75, 3.05) is 26.2 Å². The molecule has 1 aromatic carbocycles. The molecule has 0 saturated carbocycles. The lowest BCUT2D eigenvalue weighted by Gasteiger charge is -2.11. The van der Waals surface area contributed by atoms with Crippen molar-refractivity contribution in [3.63, 3.8) is 0 Å². The number of carbonyl (C=O) groups excluding carboxylic acids is 2. The van der Waals surface area contributed by atoms with E-state index in [-0.39, 0.29) is 17.9 Å². The molecule has 6 nitrogen and oxygen atoms in total. The average molecular weight is 364 g/mol. The van der Waals surface area contributed by atoms with Crippen LogP contribution in [-0.4, -0.2) is 44.2 Å². The Bertz CT molecular complexity index is 494. The maximum absolute atomic E-state index is 11.7. The Morgan fingerprint density at radius 3 is 2.58 bits per heavy atom. The highest BCUT2D eigenvalue weighted by Crippen LogP contribution is 2.04. The molecule has 3 N–H and O–H groups in total. The van der Waals surface area contributed by atoms with Gasteiger partial charge in [-0.3, -0.25) is 9.59 Å². The molecule has 1 unspecified atom stereocenters. The summed E-state index contributed by atoms with van der Waals surface area (Å²) in [5.41, 5.74) is 1.27. The molecule has 146 valence electrons. The lowest BCUT2D eigenvalue weighted by Crippen LogP contribution is -2.42. The molecule has 0 spiro atoms. The molecular weight excluding hydrogens is 330 g/mol. The second-order valence-electron chi connectivity index (χ2n) is 6.16. The molecular formula is C20H33N3O3. The SMILES string of the molecule is CCCC(=O)OCC.O=C(NCCNCc1ccccc1)C1CCCN1. The summed E-state index contributed by atoms with van der Waals surface area (Å²) >= 11 is 0. The number of esters is 1. The maximum atomic E-state index is 11.7. The van der Waals surface area contributed by atoms with Crippen molar-refractivity contribution in [2.24, 2.45) is 0 Å². The topological polar surface area (TPSA) is 79.5 Å². The largest absolute Gasteiger partial charge is 0.466 e. The summed E-state index contributed by atoms with van der Waals surface area (Å²) in [6, 6.07) is 10.3. The quantitative estimate of drug-likeness (QED) is 0.462. The maximum Gasteiger partial charge on any atom is 0.305 e. The van der Waals surface area contributed by atoms with Gasteiger partial charge in [0.2, 0.25) is 5.91 Å². The van der Waals surface area contributed by atoms with Crippen molar-refractivity contribution in [2.45, 2.75) is 52.1 Å². The van der Waals surface area contributed by atoms with Gasteiger partial charge in [0.05, 0.1) is 12.6 Å². The number of hydrogen-bond acceptors (Lipinski definition) is 5. The van der Waals surface area contributed by atoms with Crippen LogP contribution in [0, 0.1) is 0 Å². The second kappa shape index (κ2) is 14.3. The molecule has 0 radical (unpaired) electrons. The molecule has 6 heteroatoms. The molecule has 0 aromatic heterocycles. The normalized spacial score (nSPS) is 15.7. The van der Waals surface area contributed by atoms with Crippen LogP contribution < -0.4 is 16.0 Å². The second-order valence-corrected chi connectivity index (χ2v) is 6.16. The minimum absolute atomic E-state index is 0.0270. The zero-order valence-corrected chi connectivity index (χ0v) is 16.1. The predicted molar refractivity (Wildman–Crippen MR) is 104 cm³/mol. The fourth-order valence-electron chi connectivity index (χ4n) is 2.57. The summed E-state index contributed by atoms with van der Waals surface area (Å²) in [4.78, 5) is 22.1. The number of hydrogen-bond donors (Lipinski definition) is 3. The van der Waals surface area contributed by atoms with E-state index in [9.17, 15) is 9.59 Å². The van der Waals surface area contributed by atoms with Crippen molar-refractivity contribution in [1.29, 1.82) is 0 Å². The van der Waals surface area contributed by atoms with Crippen LogP contribution in [0.3, 0.4) is 0 Å². The molecule has 1 atom stereocenters. The molecule has 1 amide bonds. The first-order valence-corrected chi connectivity index (χ1v) is 9.58. The number of amides is 1. The summed E-state index contributed by atoms with van der Waals surface area (Å²) in [6.45, 7) is 7.56. The Morgan fingerprint density at radius 1 is 1.19 bits per heavy atom. The Balaban J connectivity index is 0.000000359. The summed E-state index contributed by atoms with van der Waals surface area (Å²) in [5.74, 6) is 0.0454. The highest BCUT2D eigenvalue weighted by atomic mass is 16.5. The van der Waals surface area contributed by atoms with E-state index in [0.717, 1.165) is 38.9 Å². The lowest BCUT2D eigenvalue weighted by atomic mass is 10.2. The van der Waals surface area contributed by atoms with E-state index in [0.29, 0.717) is 19.6 Å². The van der Waals surface area contributed by atoms with Gasteiger partial charge >= 0.3 is 5.97 Å². The van der Waals surface area contributed by atoms with E-state index in [1.807, 2.05) is 32.0 Å². The summed E-state index contributed by atoms with van der Waals surface area (Å²) in [5, 5.41) is 9.45. The molecule has 0 aliphatic carbocycles. The summed E-state index contributed by atoms with van der Waals surface area (Å²) < 4.78 is 4.64. The van der Waals surface area contributed by atoms with Gasteiger partial charge in [0.25, 0.3) is 0 Å². The average Bonchev–Trinajstić information content (AvgIpc) is 3.18. The zero-order chi connectivity index (χ0) is 19.0. The first kappa shape index (κ1) is 22.1. The van der Waals surface area contributed by atoms with Crippen LogP contribution in [0.4, 0.5) is 0 Å². The van der Waals surface area contributed by atoms with E-state index in [4.69, 9.17) is 0 Å². The van der Waals surface area contributed by atoms with Gasteiger partial charge in [-0.2, -0.15) is 0 Å². The minimum Gasteiger partial charge on any atom is -0.466 e. The van der Waals surface area contributed by atoms with Crippen LogP contribution in [0.2, 0.25) is 0 Å². The van der Waals surface area contributed by atoms with E-state index >= 15 is 0 Å². The first-order chi connectivity index (χ1) is 12.7. The van der Waals surface area contributed by atoms with E-state index in [1.165, 1.54) is 5.56 Å². The molecule has 0 bridgehead atoms. The van der Waals surface area contributed by atoms with Crippen molar-refractivity contribution >= 4 is 11.9 Å². The Labute approximate surface area is 157 Å². The van der Waals surface area contributed by atoms with Crippen LogP contribution >= 0.6 is 0 Å². The number of benzene rings is 1. The van der Waals surface area contributed by atoms with E-state index in [2.05, 4.69) is 32.8 Å². The molecule has 1 saturated heterocycles. The third-order valence-electron chi connectivity index (χ3n) is 3.91. The lowest BCUT2D eigenvalue weighted by molar-refractivity contribution is -0.143. The van der Waals surface area contributed by atoms with Gasteiger partial charge in [0.15, 0.2) is 0 Å². The summed E-state index contributed by atoms with van der Waals surface area (Å²) in [7, 11) is 0. The van der Waals surface area contributed by atoms with Gasteiger partial charge in [-0.25, -0.2) is 0 Å². The van der Waals surface area contributed by atoms with Gasteiger partial charge in [0, 0.05) is 26.1 Å². The molecule has 1 aliphatic rings. The van der Waals surface area contributed by atoms with Crippen LogP contribution in [-0.2, 0) is 20.9 Å². The molecule has 1 heterocycles. The zero-order valence-electron chi connectivity index (χ0n) is 16.1. The fourth-order valence-corrected chi connectivity index (χ4v) is 2.57. The first-order valence-electron chi connectivity index (χ1n) is 9.58. The van der Waals surface area contributed by atoms with E-state index < -0.39 is 0 Å². The van der Waals surface area contributed by atoms with Crippen LogP contribution in [0.25, 0.3) is 0 Å². The van der Waals surface area contributed by atoms with Gasteiger partial charge < -0.3 is 20.7 Å². The van der Waals surface area contributed by atoms with Crippen LogP contribution in [0.15, 0.2) is 30.3 Å². The smallest absolute Gasteiger partial charge is 0.305 e. The van der Waals surface area contributed by atoms with Crippen molar-refractivity contribution < 1.29 is 14.3 Å². The van der Waals surface area contributed by atoms with Crippen LogP contribution in [0.1, 0.15) is 45.1 Å².